The van der Waals surface area contributed by atoms with Crippen LogP contribution in [0.25, 0.3) is 0 Å². The summed E-state index contributed by atoms with van der Waals surface area (Å²) in [7, 11) is 1.90. The maximum atomic E-state index is 13.0. The minimum absolute atomic E-state index is 0.302. The number of piperidine rings is 1. The van der Waals surface area contributed by atoms with Crippen molar-refractivity contribution < 1.29 is 13.2 Å². The molecule has 1 aliphatic heterocycles. The maximum absolute atomic E-state index is 13.0. The molecule has 0 saturated carbocycles. The van der Waals surface area contributed by atoms with Gasteiger partial charge in [0.15, 0.2) is 0 Å². The Morgan fingerprint density at radius 1 is 1.26 bits per heavy atom. The maximum Gasteiger partial charge on any atom is 0.418 e. The number of hydrogen-bond donors (Lipinski definition) is 1. The minimum Gasteiger partial charge on any atom is -0.371 e. The summed E-state index contributed by atoms with van der Waals surface area (Å²) < 4.78 is 39.0. The van der Waals surface area contributed by atoms with E-state index in [0.717, 1.165) is 12.5 Å². The Balaban J connectivity index is 2.24. The number of hydrogen-bond acceptors (Lipinski definition) is 2. The molecule has 2 atom stereocenters. The molecule has 1 heterocycles. The van der Waals surface area contributed by atoms with Gasteiger partial charge in [0.1, 0.15) is 0 Å². The van der Waals surface area contributed by atoms with Gasteiger partial charge in [-0.3, -0.25) is 0 Å². The molecule has 0 radical (unpaired) electrons. The zero-order valence-electron chi connectivity index (χ0n) is 11.2. The molecule has 5 heteroatoms. The van der Waals surface area contributed by atoms with Gasteiger partial charge in [0.25, 0.3) is 0 Å². The van der Waals surface area contributed by atoms with Crippen molar-refractivity contribution in [3.63, 3.8) is 0 Å². The number of rotatable bonds is 2. The molecule has 1 fully saturated rings. The molecule has 2 rings (SSSR count). The topological polar surface area (TPSA) is 15.3 Å². The summed E-state index contributed by atoms with van der Waals surface area (Å²) in [6, 6.07) is 6.21. The van der Waals surface area contributed by atoms with Crippen molar-refractivity contribution in [1.82, 2.24) is 5.32 Å². The Morgan fingerprint density at radius 3 is 2.53 bits per heavy atom. The van der Waals surface area contributed by atoms with E-state index >= 15 is 0 Å². The van der Waals surface area contributed by atoms with Crippen LogP contribution in [0.3, 0.4) is 0 Å². The Kier molecular flexibility index (Phi) is 4.04. The van der Waals surface area contributed by atoms with E-state index in [1.807, 2.05) is 11.9 Å². The number of nitrogens with one attached hydrogen (secondary N) is 1. The first kappa shape index (κ1) is 14.2. The van der Waals surface area contributed by atoms with Gasteiger partial charge in [0.05, 0.1) is 5.56 Å². The highest BCUT2D eigenvalue weighted by Gasteiger charge is 2.36. The smallest absolute Gasteiger partial charge is 0.371 e. The molecule has 1 aromatic carbocycles. The lowest BCUT2D eigenvalue weighted by Crippen LogP contribution is -2.47. The standard InChI is InChI=1S/C14H19F3N2/c1-10-9-19(8-7-12(10)18-2)13-6-4-3-5-11(13)14(15,16)17/h3-6,10,12,18H,7-9H2,1-2H3. The van der Waals surface area contributed by atoms with Crippen LogP contribution in [0.2, 0.25) is 0 Å². The van der Waals surface area contributed by atoms with Gasteiger partial charge in [-0.2, -0.15) is 13.2 Å². The predicted molar refractivity (Wildman–Crippen MR) is 70.3 cm³/mol. The molecule has 0 aromatic heterocycles. The molecular formula is C14H19F3N2. The van der Waals surface area contributed by atoms with Crippen LogP contribution in [0.15, 0.2) is 24.3 Å². The van der Waals surface area contributed by atoms with E-state index in [2.05, 4.69) is 12.2 Å². The number of anilines is 1. The number of benzene rings is 1. The Bertz CT molecular complexity index is 431. The lowest BCUT2D eigenvalue weighted by molar-refractivity contribution is -0.137. The van der Waals surface area contributed by atoms with E-state index in [1.165, 1.54) is 6.07 Å². The van der Waals surface area contributed by atoms with Crippen LogP contribution in [0.1, 0.15) is 18.9 Å². The van der Waals surface area contributed by atoms with E-state index in [0.29, 0.717) is 30.7 Å². The summed E-state index contributed by atoms with van der Waals surface area (Å²) in [5.74, 6) is 0.333. The van der Waals surface area contributed by atoms with Gasteiger partial charge in [-0.15, -0.1) is 0 Å². The number of nitrogens with zero attached hydrogens (tertiary/aromatic N) is 1. The second kappa shape index (κ2) is 5.41. The van der Waals surface area contributed by atoms with Gasteiger partial charge < -0.3 is 10.2 Å². The summed E-state index contributed by atoms with van der Waals surface area (Å²) >= 11 is 0. The quantitative estimate of drug-likeness (QED) is 0.889. The molecule has 0 amide bonds. The molecule has 0 spiro atoms. The lowest BCUT2D eigenvalue weighted by atomic mass is 9.93. The first-order valence-electron chi connectivity index (χ1n) is 6.52. The van der Waals surface area contributed by atoms with E-state index in [4.69, 9.17) is 0 Å². The molecule has 1 aliphatic rings. The molecule has 106 valence electrons. The van der Waals surface area contributed by atoms with Crippen LogP contribution in [-0.2, 0) is 6.18 Å². The minimum atomic E-state index is -4.29. The first-order chi connectivity index (χ1) is 8.93. The van der Waals surface area contributed by atoms with E-state index in [-0.39, 0.29) is 0 Å². The zero-order chi connectivity index (χ0) is 14.0. The van der Waals surface area contributed by atoms with Crippen LogP contribution in [-0.4, -0.2) is 26.2 Å². The second-order valence-electron chi connectivity index (χ2n) is 5.12. The monoisotopic (exact) mass is 272 g/mol. The molecule has 1 N–H and O–H groups in total. The van der Waals surface area contributed by atoms with Gasteiger partial charge >= 0.3 is 6.18 Å². The Labute approximate surface area is 111 Å². The molecule has 2 nitrogen and oxygen atoms in total. The second-order valence-corrected chi connectivity index (χ2v) is 5.12. The summed E-state index contributed by atoms with van der Waals surface area (Å²) in [6.07, 6.45) is -3.43. The third-order valence-electron chi connectivity index (χ3n) is 3.83. The summed E-state index contributed by atoms with van der Waals surface area (Å²) in [4.78, 5) is 1.85. The Hall–Kier alpha value is -1.23. The van der Waals surface area contributed by atoms with Gasteiger partial charge in [-0.1, -0.05) is 19.1 Å². The van der Waals surface area contributed by atoms with Crippen LogP contribution in [0.4, 0.5) is 18.9 Å². The zero-order valence-corrected chi connectivity index (χ0v) is 11.2. The van der Waals surface area contributed by atoms with E-state index in [1.54, 1.807) is 12.1 Å². The van der Waals surface area contributed by atoms with Crippen molar-refractivity contribution in [2.24, 2.45) is 5.92 Å². The number of halogens is 3. The average Bonchev–Trinajstić information content (AvgIpc) is 2.37. The molecule has 1 saturated heterocycles. The lowest BCUT2D eigenvalue weighted by Gasteiger charge is -2.39. The molecule has 0 bridgehead atoms. The Morgan fingerprint density at radius 2 is 1.95 bits per heavy atom. The highest BCUT2D eigenvalue weighted by atomic mass is 19.4. The van der Waals surface area contributed by atoms with Crippen LogP contribution >= 0.6 is 0 Å². The first-order valence-corrected chi connectivity index (χ1v) is 6.52. The molecule has 0 aliphatic carbocycles. The SMILES string of the molecule is CNC1CCN(c2ccccc2C(F)(F)F)CC1C. The van der Waals surface area contributed by atoms with Crippen LogP contribution < -0.4 is 10.2 Å². The molecule has 2 unspecified atom stereocenters. The van der Waals surface area contributed by atoms with E-state index < -0.39 is 11.7 Å². The van der Waals surface area contributed by atoms with Gasteiger partial charge in [-0.05, 0) is 31.5 Å². The highest BCUT2D eigenvalue weighted by Crippen LogP contribution is 2.37. The van der Waals surface area contributed by atoms with Crippen molar-refractivity contribution in [2.45, 2.75) is 25.6 Å². The predicted octanol–water partition coefficient (Wildman–Crippen LogP) is 3.14. The molecular weight excluding hydrogens is 253 g/mol. The van der Waals surface area contributed by atoms with Gasteiger partial charge in [0.2, 0.25) is 0 Å². The van der Waals surface area contributed by atoms with Gasteiger partial charge in [0, 0.05) is 24.8 Å². The van der Waals surface area contributed by atoms with Crippen LogP contribution in [0.5, 0.6) is 0 Å². The van der Waals surface area contributed by atoms with Crippen molar-refractivity contribution >= 4 is 5.69 Å². The fourth-order valence-electron chi connectivity index (χ4n) is 2.78. The summed E-state index contributed by atoms with van der Waals surface area (Å²) in [6.45, 7) is 3.38. The summed E-state index contributed by atoms with van der Waals surface area (Å²) in [5.41, 5.74) is -0.235. The number of alkyl halides is 3. The summed E-state index contributed by atoms with van der Waals surface area (Å²) in [5, 5.41) is 3.22. The number of para-hydroxylation sites is 1. The third kappa shape index (κ3) is 3.03. The fraction of sp³-hybridized carbons (Fsp3) is 0.571. The van der Waals surface area contributed by atoms with Crippen molar-refractivity contribution in [1.29, 1.82) is 0 Å². The normalized spacial score (nSPS) is 24.6. The van der Waals surface area contributed by atoms with Crippen molar-refractivity contribution in [3.8, 4) is 0 Å². The molecule has 1 aromatic rings. The van der Waals surface area contributed by atoms with Crippen molar-refractivity contribution in [2.75, 3.05) is 25.0 Å². The van der Waals surface area contributed by atoms with E-state index in [9.17, 15) is 13.2 Å². The average molecular weight is 272 g/mol. The van der Waals surface area contributed by atoms with Gasteiger partial charge in [-0.25, -0.2) is 0 Å². The van der Waals surface area contributed by atoms with Crippen molar-refractivity contribution in [3.05, 3.63) is 29.8 Å². The molecule has 19 heavy (non-hydrogen) atoms. The largest absolute Gasteiger partial charge is 0.418 e. The third-order valence-corrected chi connectivity index (χ3v) is 3.83. The highest BCUT2D eigenvalue weighted by molar-refractivity contribution is 5.55. The van der Waals surface area contributed by atoms with Crippen LogP contribution in [0, 0.1) is 5.92 Å². The fourth-order valence-corrected chi connectivity index (χ4v) is 2.78.